The summed E-state index contributed by atoms with van der Waals surface area (Å²) in [6, 6.07) is 3.38. The smallest absolute Gasteiger partial charge is 0.275 e. The Balaban J connectivity index is 2.15. The number of nitrogen functional groups attached to an aromatic ring is 1. The number of hydrogen-bond acceptors (Lipinski definition) is 3. The highest BCUT2D eigenvalue weighted by atomic mass is 16.2. The van der Waals surface area contributed by atoms with Gasteiger partial charge < -0.3 is 10.6 Å². The maximum absolute atomic E-state index is 12.2. The van der Waals surface area contributed by atoms with Gasteiger partial charge in [-0.15, -0.1) is 6.42 Å². The van der Waals surface area contributed by atoms with Crippen LogP contribution in [0.4, 0.5) is 5.69 Å². The summed E-state index contributed by atoms with van der Waals surface area (Å²) in [5, 5.41) is 0. The first-order valence-corrected chi connectivity index (χ1v) is 5.65. The predicted octanol–water partition coefficient (Wildman–Crippen LogP) is 1.15. The van der Waals surface area contributed by atoms with E-state index in [1.54, 1.807) is 23.2 Å². The first-order chi connectivity index (χ1) is 8.22. The lowest BCUT2D eigenvalue weighted by molar-refractivity contribution is 0.0765. The molecule has 0 spiro atoms. The molecule has 1 saturated carbocycles. The summed E-state index contributed by atoms with van der Waals surface area (Å²) >= 11 is 0. The van der Waals surface area contributed by atoms with E-state index in [9.17, 15) is 4.79 Å². The molecule has 2 rings (SSSR count). The Morgan fingerprint density at radius 3 is 3.00 bits per heavy atom. The van der Waals surface area contributed by atoms with Gasteiger partial charge in [0.15, 0.2) is 5.69 Å². The lowest BCUT2D eigenvalue weighted by Crippen LogP contribution is -2.34. The molecule has 2 N–H and O–H groups in total. The fourth-order valence-corrected chi connectivity index (χ4v) is 1.69. The van der Waals surface area contributed by atoms with Crippen molar-refractivity contribution < 1.29 is 4.79 Å². The Morgan fingerprint density at radius 2 is 2.41 bits per heavy atom. The second kappa shape index (κ2) is 4.88. The van der Waals surface area contributed by atoms with Crippen molar-refractivity contribution in [3.05, 3.63) is 24.0 Å². The number of anilines is 1. The summed E-state index contributed by atoms with van der Waals surface area (Å²) in [5.74, 6) is 2.93. The molecule has 1 amide bonds. The van der Waals surface area contributed by atoms with Crippen molar-refractivity contribution in [2.75, 3.05) is 18.8 Å². The van der Waals surface area contributed by atoms with Gasteiger partial charge in [-0.3, -0.25) is 4.79 Å². The van der Waals surface area contributed by atoms with Crippen LogP contribution in [0.3, 0.4) is 0 Å². The Morgan fingerprint density at radius 1 is 1.65 bits per heavy atom. The van der Waals surface area contributed by atoms with Gasteiger partial charge in [-0.2, -0.15) is 0 Å². The summed E-state index contributed by atoms with van der Waals surface area (Å²) in [6.45, 7) is 1.02. The van der Waals surface area contributed by atoms with E-state index < -0.39 is 0 Å². The molecule has 1 aliphatic rings. The molecule has 0 aromatic carbocycles. The molecule has 1 fully saturated rings. The summed E-state index contributed by atoms with van der Waals surface area (Å²) in [4.78, 5) is 17.9. The zero-order valence-corrected chi connectivity index (χ0v) is 9.60. The van der Waals surface area contributed by atoms with E-state index in [-0.39, 0.29) is 5.91 Å². The Kier molecular flexibility index (Phi) is 3.29. The normalized spacial score (nSPS) is 14.1. The van der Waals surface area contributed by atoms with Crippen LogP contribution in [0, 0.1) is 18.3 Å². The van der Waals surface area contributed by atoms with E-state index in [2.05, 4.69) is 10.9 Å². The number of carbonyl (C=O) groups is 1. The number of terminal acetylenes is 1. The minimum atomic E-state index is -0.173. The molecule has 0 bridgehead atoms. The molecule has 4 nitrogen and oxygen atoms in total. The maximum Gasteiger partial charge on any atom is 0.275 e. The molecule has 88 valence electrons. The van der Waals surface area contributed by atoms with Crippen molar-refractivity contribution in [2.24, 2.45) is 5.92 Å². The molecule has 17 heavy (non-hydrogen) atoms. The third-order valence-electron chi connectivity index (χ3n) is 2.79. The zero-order valence-electron chi connectivity index (χ0n) is 9.60. The summed E-state index contributed by atoms with van der Waals surface area (Å²) < 4.78 is 0. The second-order valence-corrected chi connectivity index (χ2v) is 4.27. The van der Waals surface area contributed by atoms with E-state index in [1.165, 1.54) is 12.8 Å². The third-order valence-corrected chi connectivity index (χ3v) is 2.79. The summed E-state index contributed by atoms with van der Waals surface area (Å²) in [7, 11) is 0. The van der Waals surface area contributed by atoms with Gasteiger partial charge >= 0.3 is 0 Å². The highest BCUT2D eigenvalue weighted by Gasteiger charge is 2.27. The molecule has 0 aliphatic heterocycles. The molecular weight excluding hydrogens is 214 g/mol. The average Bonchev–Trinajstić information content (AvgIpc) is 3.12. The Labute approximate surface area is 101 Å². The lowest BCUT2D eigenvalue weighted by atomic mass is 10.2. The number of nitrogens with zero attached hydrogens (tertiary/aromatic N) is 2. The van der Waals surface area contributed by atoms with Crippen LogP contribution in [0.2, 0.25) is 0 Å². The quantitative estimate of drug-likeness (QED) is 0.788. The van der Waals surface area contributed by atoms with Gasteiger partial charge in [0, 0.05) is 12.7 Å². The predicted molar refractivity (Wildman–Crippen MR) is 66.1 cm³/mol. The highest BCUT2D eigenvalue weighted by molar-refractivity contribution is 5.97. The van der Waals surface area contributed by atoms with Crippen LogP contribution >= 0.6 is 0 Å². The summed E-state index contributed by atoms with van der Waals surface area (Å²) in [6.07, 6.45) is 9.19. The van der Waals surface area contributed by atoms with Crippen molar-refractivity contribution in [3.63, 3.8) is 0 Å². The van der Waals surface area contributed by atoms with Crippen molar-refractivity contribution in [1.82, 2.24) is 9.88 Å². The van der Waals surface area contributed by atoms with Crippen LogP contribution in [0.5, 0.6) is 0 Å². The van der Waals surface area contributed by atoms with Crippen LogP contribution in [-0.2, 0) is 0 Å². The van der Waals surface area contributed by atoms with Gasteiger partial charge in [0.25, 0.3) is 5.91 Å². The molecule has 1 aliphatic carbocycles. The van der Waals surface area contributed by atoms with Gasteiger partial charge in [-0.05, 0) is 30.9 Å². The zero-order chi connectivity index (χ0) is 12.3. The van der Waals surface area contributed by atoms with Crippen molar-refractivity contribution >= 4 is 11.6 Å². The monoisotopic (exact) mass is 229 g/mol. The number of rotatable bonds is 4. The molecule has 1 aromatic heterocycles. The maximum atomic E-state index is 12.2. The molecule has 1 heterocycles. The van der Waals surface area contributed by atoms with Crippen LogP contribution in [0.25, 0.3) is 0 Å². The van der Waals surface area contributed by atoms with Crippen LogP contribution in [0.1, 0.15) is 23.3 Å². The number of amides is 1. The van der Waals surface area contributed by atoms with Gasteiger partial charge in [0.05, 0.1) is 12.2 Å². The number of nitrogens with two attached hydrogens (primary N) is 1. The van der Waals surface area contributed by atoms with E-state index in [0.29, 0.717) is 30.4 Å². The van der Waals surface area contributed by atoms with E-state index in [0.717, 1.165) is 0 Å². The Bertz CT molecular complexity index is 460. The van der Waals surface area contributed by atoms with Crippen LogP contribution < -0.4 is 5.73 Å². The minimum absolute atomic E-state index is 0.173. The molecule has 0 saturated heterocycles. The van der Waals surface area contributed by atoms with E-state index in [4.69, 9.17) is 12.2 Å². The van der Waals surface area contributed by atoms with E-state index in [1.807, 2.05) is 0 Å². The van der Waals surface area contributed by atoms with Crippen LogP contribution in [0.15, 0.2) is 18.3 Å². The number of hydrogen-bond donors (Lipinski definition) is 1. The Hall–Kier alpha value is -2.02. The van der Waals surface area contributed by atoms with Crippen LogP contribution in [-0.4, -0.2) is 28.9 Å². The standard InChI is InChI=1S/C13H15N3O/c1-2-8-16(9-10-5-6-10)13(17)12-11(14)4-3-7-15-12/h1,3-4,7,10H,5-6,8-9,14H2. The molecular formula is C13H15N3O. The first-order valence-electron chi connectivity index (χ1n) is 5.65. The molecule has 0 atom stereocenters. The van der Waals surface area contributed by atoms with Crippen molar-refractivity contribution in [2.45, 2.75) is 12.8 Å². The lowest BCUT2D eigenvalue weighted by Gasteiger charge is -2.20. The fraction of sp³-hybridized carbons (Fsp3) is 0.385. The van der Waals surface area contributed by atoms with Gasteiger partial charge in [-0.1, -0.05) is 5.92 Å². The highest BCUT2D eigenvalue weighted by Crippen LogP contribution is 2.30. The number of carbonyl (C=O) groups excluding carboxylic acids is 1. The molecule has 0 radical (unpaired) electrons. The van der Waals surface area contributed by atoms with E-state index >= 15 is 0 Å². The molecule has 0 unspecified atom stereocenters. The first kappa shape index (κ1) is 11.5. The van der Waals surface area contributed by atoms with Gasteiger partial charge in [-0.25, -0.2) is 4.98 Å². The molecule has 1 aromatic rings. The van der Waals surface area contributed by atoms with Gasteiger partial charge in [0.1, 0.15) is 0 Å². The third kappa shape index (κ3) is 2.76. The summed E-state index contributed by atoms with van der Waals surface area (Å²) in [5.41, 5.74) is 6.43. The fourth-order valence-electron chi connectivity index (χ4n) is 1.69. The topological polar surface area (TPSA) is 59.2 Å². The molecule has 4 heteroatoms. The SMILES string of the molecule is C#CCN(CC1CC1)C(=O)c1ncccc1N. The van der Waals surface area contributed by atoms with Gasteiger partial charge in [0.2, 0.25) is 0 Å². The minimum Gasteiger partial charge on any atom is -0.397 e. The van der Waals surface area contributed by atoms with Crippen molar-refractivity contribution in [1.29, 1.82) is 0 Å². The average molecular weight is 229 g/mol. The largest absolute Gasteiger partial charge is 0.397 e. The van der Waals surface area contributed by atoms with Crippen molar-refractivity contribution in [3.8, 4) is 12.3 Å². The second-order valence-electron chi connectivity index (χ2n) is 4.27. The number of aromatic nitrogens is 1. The number of pyridine rings is 1.